The van der Waals surface area contributed by atoms with E-state index in [0.717, 1.165) is 65.1 Å². The van der Waals surface area contributed by atoms with Crippen LogP contribution < -0.4 is 43.1 Å². The van der Waals surface area contributed by atoms with Crippen LogP contribution in [-0.2, 0) is 41.6 Å². The zero-order valence-corrected chi connectivity index (χ0v) is 48.1. The quantitative estimate of drug-likeness (QED) is 0.0417. The van der Waals surface area contributed by atoms with Crippen molar-refractivity contribution in [3.63, 3.8) is 0 Å². The predicted molar refractivity (Wildman–Crippen MR) is 303 cm³/mol. The number of rotatable bonds is 17. The fourth-order valence-electron chi connectivity index (χ4n) is 11.4. The third kappa shape index (κ3) is 14.0. The summed E-state index contributed by atoms with van der Waals surface area (Å²) in [6, 6.07) is 10.5. The lowest BCUT2D eigenvalue weighted by molar-refractivity contribution is -0.144. The van der Waals surface area contributed by atoms with E-state index >= 15 is 0 Å². The first-order valence-electron chi connectivity index (χ1n) is 28.0. The van der Waals surface area contributed by atoms with Crippen LogP contribution in [0.3, 0.4) is 0 Å². The predicted octanol–water partition coefficient (Wildman–Crippen LogP) is 3.24. The van der Waals surface area contributed by atoms with Crippen LogP contribution in [0.4, 0.5) is 0 Å². The lowest BCUT2D eigenvalue weighted by atomic mass is 9.85. The summed E-state index contributed by atoms with van der Waals surface area (Å²) in [6.07, 6.45) is 4.44. The number of nitrogens with one attached hydrogen (secondary N) is 7. The molecule has 4 aliphatic rings. The number of hydrogen-bond donors (Lipinski definition) is 8. The normalized spacial score (nSPS) is 22.1. The second-order valence-corrected chi connectivity index (χ2v) is 24.2. The Morgan fingerprint density at radius 3 is 1.53 bits per heavy atom. The van der Waals surface area contributed by atoms with Gasteiger partial charge in [0.2, 0.25) is 35.4 Å². The van der Waals surface area contributed by atoms with E-state index in [1.165, 1.54) is 15.9 Å². The number of hydrazine groups is 1. The van der Waals surface area contributed by atoms with Crippen molar-refractivity contribution in [1.82, 2.24) is 52.0 Å². The summed E-state index contributed by atoms with van der Waals surface area (Å²) in [5.41, 5.74) is 1.45. The van der Waals surface area contributed by atoms with Gasteiger partial charge in [0.25, 0.3) is 11.8 Å². The fraction of sp³-hybridized carbons (Fsp3) is 0.542. The highest BCUT2D eigenvalue weighted by Gasteiger charge is 2.49. The van der Waals surface area contributed by atoms with Crippen molar-refractivity contribution >= 4 is 53.2 Å². The highest BCUT2D eigenvalue weighted by Crippen LogP contribution is 2.34. The van der Waals surface area contributed by atoms with Crippen LogP contribution in [0.15, 0.2) is 71.9 Å². The summed E-state index contributed by atoms with van der Waals surface area (Å²) in [6.45, 7) is 13.6. The number of carbonyl (C=O) groups is 9. The average molecular weight is 1120 g/mol. The molecular formula is C59H80N12O10. The first kappa shape index (κ1) is 61.2. The third-order valence-corrected chi connectivity index (χ3v) is 16.3. The van der Waals surface area contributed by atoms with Crippen LogP contribution in [0.5, 0.6) is 0 Å². The number of likely N-dealkylation sites (tertiary alicyclic amines) is 2. The van der Waals surface area contributed by atoms with Gasteiger partial charge in [-0.15, -0.1) is 4.91 Å². The molecule has 2 aliphatic carbocycles. The number of hydrogen-bond acceptors (Lipinski definition) is 13. The molecule has 0 radical (unpaired) electrons. The molecule has 0 bridgehead atoms. The first-order valence-corrected chi connectivity index (χ1v) is 28.0. The zero-order valence-electron chi connectivity index (χ0n) is 48.1. The Morgan fingerprint density at radius 2 is 1.06 bits per heavy atom. The summed E-state index contributed by atoms with van der Waals surface area (Å²) in [5, 5.41) is 24.0. The van der Waals surface area contributed by atoms with E-state index in [9.17, 15) is 48.1 Å². The van der Waals surface area contributed by atoms with Gasteiger partial charge >= 0.3 is 5.91 Å². The van der Waals surface area contributed by atoms with Gasteiger partial charge in [0.1, 0.15) is 24.2 Å². The highest BCUT2D eigenvalue weighted by atomic mass is 16.3. The summed E-state index contributed by atoms with van der Waals surface area (Å²) < 4.78 is 0. The van der Waals surface area contributed by atoms with Gasteiger partial charge in [-0.3, -0.25) is 48.2 Å². The average Bonchev–Trinajstić information content (AvgIpc) is 4.10. The van der Waals surface area contributed by atoms with Gasteiger partial charge in [-0.25, -0.2) is 5.84 Å². The van der Waals surface area contributed by atoms with Gasteiger partial charge in [0, 0.05) is 47.4 Å². The summed E-state index contributed by atoms with van der Waals surface area (Å²) in [7, 11) is 3.22. The van der Waals surface area contributed by atoms with E-state index in [1.807, 2.05) is 48.5 Å². The van der Waals surface area contributed by atoms with Crippen molar-refractivity contribution in [3.8, 4) is 0 Å². The molecule has 7 rings (SSSR count). The second kappa shape index (κ2) is 25.6. The van der Waals surface area contributed by atoms with Crippen LogP contribution in [0.1, 0.15) is 159 Å². The largest absolute Gasteiger partial charge is 0.347 e. The molecule has 0 aromatic heterocycles. The molecule has 9 amide bonds. The number of fused-ring (bicyclic) bond motifs is 2. The Hall–Kier alpha value is -7.43. The molecule has 0 spiro atoms. The fourth-order valence-corrected chi connectivity index (χ4v) is 11.4. The topological polar surface area (TPSA) is 303 Å². The minimum Gasteiger partial charge on any atom is -0.347 e. The molecule has 81 heavy (non-hydrogen) atoms. The van der Waals surface area contributed by atoms with E-state index in [2.05, 4.69) is 42.4 Å². The smallest absolute Gasteiger partial charge is 0.316 e. The van der Waals surface area contributed by atoms with Crippen LogP contribution in [0.25, 0.3) is 0 Å². The number of aryl methyl sites for hydroxylation is 2. The molecule has 2 saturated heterocycles. The second-order valence-electron chi connectivity index (χ2n) is 24.2. The number of nitrogens with two attached hydrogens (primary N) is 1. The molecule has 0 unspecified atom stereocenters. The molecule has 0 saturated carbocycles. The lowest BCUT2D eigenvalue weighted by Gasteiger charge is -2.36. The van der Waals surface area contributed by atoms with Crippen molar-refractivity contribution in [2.24, 2.45) is 21.8 Å². The Balaban J connectivity index is 1.17. The van der Waals surface area contributed by atoms with Crippen molar-refractivity contribution in [2.75, 3.05) is 27.2 Å². The molecule has 3 aromatic carbocycles. The molecular weight excluding hydrogens is 1040 g/mol. The Labute approximate surface area is 473 Å². The molecule has 2 heterocycles. The van der Waals surface area contributed by atoms with E-state index in [1.54, 1.807) is 69.5 Å². The van der Waals surface area contributed by atoms with Gasteiger partial charge in [0.15, 0.2) is 0 Å². The van der Waals surface area contributed by atoms with Crippen molar-refractivity contribution in [2.45, 2.75) is 167 Å². The molecule has 22 nitrogen and oxygen atoms in total. The maximum Gasteiger partial charge on any atom is 0.316 e. The van der Waals surface area contributed by atoms with Gasteiger partial charge in [-0.2, -0.15) is 0 Å². The zero-order chi connectivity index (χ0) is 59.2. The van der Waals surface area contributed by atoms with Crippen LogP contribution in [-0.4, -0.2) is 143 Å². The van der Waals surface area contributed by atoms with Gasteiger partial charge in [-0.05, 0) is 124 Å². The third-order valence-electron chi connectivity index (χ3n) is 16.3. The number of benzene rings is 3. The molecule has 3 aromatic rings. The SMILES string of the molecule is CN[C@@H](C)C(=O)N[C@H](C(=O)N1C[C@@H](NC(=O)c2cc(C(=O)N=O)cc(C(=O)N(N)[C@H]3C[C@@H](C(=O)N[C@@H]4CCCc5ccccc54)N(C(=O)[C@@H](NC(=O)[C@H](C)NC)C(C)(C)C)C3)c2)C[C@H]1C(=O)N[C@@H]1CCCc2ccccc21)C(C)(C)C. The Bertz CT molecular complexity index is 2920. The van der Waals surface area contributed by atoms with Crippen molar-refractivity contribution in [3.05, 3.63) is 111 Å². The minimum atomic E-state index is -1.30. The number of nitrogens with zero attached hydrogens (tertiary/aromatic N) is 4. The monoisotopic (exact) mass is 1120 g/mol. The molecule has 2 fully saturated rings. The molecule has 9 N–H and O–H groups in total. The molecule has 10 atom stereocenters. The first-order chi connectivity index (χ1) is 38.2. The number of likely N-dealkylation sites (N-methyl/N-ethyl adjacent to an activating group) is 2. The Morgan fingerprint density at radius 1 is 0.617 bits per heavy atom. The highest BCUT2D eigenvalue weighted by molar-refractivity contribution is 6.05. The van der Waals surface area contributed by atoms with E-state index in [-0.39, 0.29) is 49.1 Å². The van der Waals surface area contributed by atoms with Gasteiger partial charge in [0.05, 0.1) is 30.2 Å². The van der Waals surface area contributed by atoms with E-state index < -0.39 is 118 Å². The van der Waals surface area contributed by atoms with Crippen molar-refractivity contribution in [1.29, 1.82) is 0 Å². The van der Waals surface area contributed by atoms with Crippen LogP contribution in [0.2, 0.25) is 0 Å². The molecule has 22 heteroatoms. The Kier molecular flexibility index (Phi) is 19.3. The minimum absolute atomic E-state index is 0.0561. The van der Waals surface area contributed by atoms with Crippen LogP contribution >= 0.6 is 0 Å². The lowest BCUT2D eigenvalue weighted by Crippen LogP contribution is -2.59. The number of carbonyl (C=O) groups excluding carboxylic acids is 9. The van der Waals surface area contributed by atoms with Gasteiger partial charge < -0.3 is 47.0 Å². The maximum atomic E-state index is 14.9. The summed E-state index contributed by atoms with van der Waals surface area (Å²) >= 11 is 0. The van der Waals surface area contributed by atoms with E-state index in [4.69, 9.17) is 5.84 Å². The number of amides is 9. The number of nitroso groups, excluding NO2 is 1. The molecule has 2 aliphatic heterocycles. The van der Waals surface area contributed by atoms with Gasteiger partial charge in [-0.1, -0.05) is 90.1 Å². The molecule has 436 valence electrons. The summed E-state index contributed by atoms with van der Waals surface area (Å²) in [4.78, 5) is 142. The maximum absolute atomic E-state index is 14.9. The van der Waals surface area contributed by atoms with Crippen LogP contribution in [0, 0.1) is 15.7 Å². The standard InChI is InChI=1S/C59H80N12O10/c1-32(61-9)49(72)66-47(58(3,4)5)56(79)69-30-39(28-45(69)53(76)64-43-23-15-19-34-17-11-13-21-41(34)43)63-51(74)36-25-37(52(75)68-81)27-38(26-36)55(78)71(60)40-29-46(54(77)65-44-24-16-20-35-18-12-14-22-42(35)44)70(31-40)57(80)48(59(6,7)8)67-50(73)33(2)62-10/h11-14,17-18,21-22,25-27,32-33,39-40,43-48,61-62H,15-16,19-20,23-24,28-31,60H2,1-10H3,(H,63,74)(H,64,76)(H,65,77)(H,66,72)(H,67,73)/t32-,33-,39-,40-,43+,44+,45-,46-,47+,48+/m0/s1. The van der Waals surface area contributed by atoms with Crippen molar-refractivity contribution < 1.29 is 43.2 Å². The van der Waals surface area contributed by atoms with E-state index in [0.29, 0.717) is 12.8 Å². The summed E-state index contributed by atoms with van der Waals surface area (Å²) in [5.74, 6) is 0.659.